The molecule has 5 nitrogen and oxygen atoms in total. The van der Waals surface area contributed by atoms with Crippen LogP contribution < -0.4 is 10.6 Å². The summed E-state index contributed by atoms with van der Waals surface area (Å²) in [5.74, 6) is 0.573. The van der Waals surface area contributed by atoms with Crippen LogP contribution in [0.4, 0.5) is 11.5 Å². The lowest BCUT2D eigenvalue weighted by atomic mass is 10.1. The van der Waals surface area contributed by atoms with Gasteiger partial charge in [0.15, 0.2) is 5.82 Å². The summed E-state index contributed by atoms with van der Waals surface area (Å²) in [7, 11) is 1.90. The first-order valence-electron chi connectivity index (χ1n) is 5.97. The fraction of sp³-hybridized carbons (Fsp3) is 0.214. The van der Waals surface area contributed by atoms with Crippen molar-refractivity contribution >= 4 is 17.3 Å². The third-order valence-electron chi connectivity index (χ3n) is 3.02. The summed E-state index contributed by atoms with van der Waals surface area (Å²) in [5.41, 5.74) is 9.53. The van der Waals surface area contributed by atoms with Gasteiger partial charge in [0.25, 0.3) is 0 Å². The van der Waals surface area contributed by atoms with Gasteiger partial charge in [0.05, 0.1) is 11.8 Å². The Kier molecular flexibility index (Phi) is 3.46. The number of hydrogen-bond donors (Lipinski definition) is 2. The Morgan fingerprint density at radius 3 is 2.63 bits per heavy atom. The highest BCUT2D eigenvalue weighted by Gasteiger charge is 2.14. The van der Waals surface area contributed by atoms with E-state index in [2.05, 4.69) is 23.2 Å². The van der Waals surface area contributed by atoms with Gasteiger partial charge < -0.3 is 10.6 Å². The number of nitrogens with one attached hydrogen (secondary N) is 1. The SMILES string of the molecule is Cc1ccc(N(C)c2nnccc2C(=N)N)c(C)c1. The van der Waals surface area contributed by atoms with Crippen molar-refractivity contribution < 1.29 is 0 Å². The van der Waals surface area contributed by atoms with E-state index in [1.807, 2.05) is 31.0 Å². The van der Waals surface area contributed by atoms with Gasteiger partial charge in [0.1, 0.15) is 5.84 Å². The molecule has 2 aromatic rings. The molecule has 0 saturated carbocycles. The van der Waals surface area contributed by atoms with Gasteiger partial charge in [-0.1, -0.05) is 17.7 Å². The Hall–Kier alpha value is -2.43. The molecule has 0 aliphatic rings. The molecule has 3 N–H and O–H groups in total. The van der Waals surface area contributed by atoms with Crippen LogP contribution in [0.15, 0.2) is 30.5 Å². The summed E-state index contributed by atoms with van der Waals surface area (Å²) in [6.45, 7) is 4.10. The standard InChI is InChI=1S/C14H17N5/c1-9-4-5-12(10(2)8-9)19(3)14-11(13(15)16)6-7-17-18-14/h4-8H,1-3H3,(H3,15,16). The molecule has 1 aromatic heterocycles. The van der Waals surface area contributed by atoms with Crippen LogP contribution in [0.25, 0.3) is 0 Å². The minimum Gasteiger partial charge on any atom is -0.384 e. The van der Waals surface area contributed by atoms with Crippen LogP contribution in [-0.4, -0.2) is 23.1 Å². The molecule has 0 radical (unpaired) electrons. The summed E-state index contributed by atoms with van der Waals surface area (Å²) >= 11 is 0. The molecule has 0 aliphatic carbocycles. The number of nitrogen functional groups attached to an aromatic ring is 1. The van der Waals surface area contributed by atoms with Crippen LogP contribution in [0.2, 0.25) is 0 Å². The molecular weight excluding hydrogens is 238 g/mol. The minimum absolute atomic E-state index is 0.0125. The van der Waals surface area contributed by atoms with Gasteiger partial charge in [-0.3, -0.25) is 5.41 Å². The number of nitrogens with two attached hydrogens (primary N) is 1. The Balaban J connectivity index is 2.50. The van der Waals surface area contributed by atoms with E-state index in [9.17, 15) is 0 Å². The smallest absolute Gasteiger partial charge is 0.166 e. The molecule has 1 heterocycles. The van der Waals surface area contributed by atoms with E-state index in [0.29, 0.717) is 11.4 Å². The summed E-state index contributed by atoms with van der Waals surface area (Å²) in [6.07, 6.45) is 1.54. The van der Waals surface area contributed by atoms with Crippen LogP contribution in [0.5, 0.6) is 0 Å². The number of rotatable bonds is 3. The summed E-state index contributed by atoms with van der Waals surface area (Å²) in [5, 5.41) is 15.6. The van der Waals surface area contributed by atoms with Crippen molar-refractivity contribution in [2.45, 2.75) is 13.8 Å². The zero-order chi connectivity index (χ0) is 14.0. The van der Waals surface area contributed by atoms with Crippen molar-refractivity contribution in [1.29, 1.82) is 5.41 Å². The predicted octanol–water partition coefficient (Wildman–Crippen LogP) is 2.15. The summed E-state index contributed by atoms with van der Waals surface area (Å²) in [4.78, 5) is 1.90. The second-order valence-electron chi connectivity index (χ2n) is 4.53. The Labute approximate surface area is 112 Å². The lowest BCUT2D eigenvalue weighted by molar-refractivity contribution is 0.979. The molecule has 98 valence electrons. The van der Waals surface area contributed by atoms with Crippen LogP contribution in [-0.2, 0) is 0 Å². The number of hydrogen-bond acceptors (Lipinski definition) is 4. The van der Waals surface area contributed by atoms with Gasteiger partial charge in [0.2, 0.25) is 0 Å². The second-order valence-corrected chi connectivity index (χ2v) is 4.53. The number of nitrogens with zero attached hydrogens (tertiary/aromatic N) is 3. The van der Waals surface area contributed by atoms with Crippen LogP contribution in [0, 0.1) is 19.3 Å². The lowest BCUT2D eigenvalue weighted by Crippen LogP contribution is -2.20. The van der Waals surface area contributed by atoms with Gasteiger partial charge in [0, 0.05) is 12.7 Å². The maximum absolute atomic E-state index is 7.60. The predicted molar refractivity (Wildman–Crippen MR) is 77.0 cm³/mol. The first-order chi connectivity index (χ1) is 9.00. The number of benzene rings is 1. The molecule has 0 unspecified atom stereocenters. The monoisotopic (exact) mass is 255 g/mol. The Morgan fingerprint density at radius 2 is 2.00 bits per heavy atom. The molecule has 0 aliphatic heterocycles. The second kappa shape index (κ2) is 5.06. The average molecular weight is 255 g/mol. The van der Waals surface area contributed by atoms with E-state index in [1.54, 1.807) is 6.07 Å². The van der Waals surface area contributed by atoms with Gasteiger partial charge in [-0.15, -0.1) is 5.10 Å². The largest absolute Gasteiger partial charge is 0.384 e. The highest BCUT2D eigenvalue weighted by Crippen LogP contribution is 2.27. The normalized spacial score (nSPS) is 10.3. The molecule has 19 heavy (non-hydrogen) atoms. The van der Waals surface area contributed by atoms with E-state index >= 15 is 0 Å². The van der Waals surface area contributed by atoms with E-state index in [1.165, 1.54) is 11.8 Å². The molecule has 0 fully saturated rings. The summed E-state index contributed by atoms with van der Waals surface area (Å²) < 4.78 is 0. The lowest BCUT2D eigenvalue weighted by Gasteiger charge is -2.22. The Bertz CT molecular complexity index is 621. The maximum Gasteiger partial charge on any atom is 0.166 e. The topological polar surface area (TPSA) is 78.9 Å². The fourth-order valence-electron chi connectivity index (χ4n) is 2.08. The Morgan fingerprint density at radius 1 is 1.26 bits per heavy atom. The quantitative estimate of drug-likeness (QED) is 0.650. The molecule has 0 bridgehead atoms. The number of amidine groups is 1. The third-order valence-corrected chi connectivity index (χ3v) is 3.02. The van der Waals surface area contributed by atoms with E-state index in [0.717, 1.165) is 11.3 Å². The van der Waals surface area contributed by atoms with Crippen LogP contribution >= 0.6 is 0 Å². The van der Waals surface area contributed by atoms with Crippen molar-refractivity contribution in [3.8, 4) is 0 Å². The zero-order valence-electron chi connectivity index (χ0n) is 11.3. The first kappa shape index (κ1) is 13.0. The zero-order valence-corrected chi connectivity index (χ0v) is 11.3. The van der Waals surface area contributed by atoms with Crippen LogP contribution in [0.1, 0.15) is 16.7 Å². The van der Waals surface area contributed by atoms with Crippen molar-refractivity contribution in [1.82, 2.24) is 10.2 Å². The molecule has 0 amide bonds. The third kappa shape index (κ3) is 2.54. The average Bonchev–Trinajstić information content (AvgIpc) is 2.38. The van der Waals surface area contributed by atoms with Crippen molar-refractivity contribution in [2.75, 3.05) is 11.9 Å². The fourth-order valence-corrected chi connectivity index (χ4v) is 2.08. The van der Waals surface area contributed by atoms with Gasteiger partial charge in [-0.2, -0.15) is 5.10 Å². The molecule has 0 spiro atoms. The number of aromatic nitrogens is 2. The van der Waals surface area contributed by atoms with Gasteiger partial charge in [-0.25, -0.2) is 0 Å². The summed E-state index contributed by atoms with van der Waals surface area (Å²) in [6, 6.07) is 7.88. The highest BCUT2D eigenvalue weighted by molar-refractivity contribution is 6.00. The van der Waals surface area contributed by atoms with Gasteiger partial charge >= 0.3 is 0 Å². The van der Waals surface area contributed by atoms with Crippen molar-refractivity contribution in [3.05, 3.63) is 47.2 Å². The molecule has 0 atom stereocenters. The molecule has 0 saturated heterocycles. The van der Waals surface area contributed by atoms with Crippen molar-refractivity contribution in [2.24, 2.45) is 5.73 Å². The maximum atomic E-state index is 7.60. The van der Waals surface area contributed by atoms with Crippen molar-refractivity contribution in [3.63, 3.8) is 0 Å². The van der Waals surface area contributed by atoms with E-state index < -0.39 is 0 Å². The molecule has 5 heteroatoms. The van der Waals surface area contributed by atoms with E-state index in [4.69, 9.17) is 11.1 Å². The first-order valence-corrected chi connectivity index (χ1v) is 5.97. The van der Waals surface area contributed by atoms with Gasteiger partial charge in [-0.05, 0) is 31.5 Å². The number of aryl methyl sites for hydroxylation is 2. The molecule has 1 aromatic carbocycles. The molecular formula is C14H17N5. The van der Waals surface area contributed by atoms with Crippen LogP contribution in [0.3, 0.4) is 0 Å². The minimum atomic E-state index is -0.0125. The highest BCUT2D eigenvalue weighted by atomic mass is 15.2. The number of anilines is 2. The van der Waals surface area contributed by atoms with E-state index in [-0.39, 0.29) is 5.84 Å². The molecule has 2 rings (SSSR count).